The average molecular weight is 239 g/mol. The molecule has 0 bridgehead atoms. The second-order valence-electron chi connectivity index (χ2n) is 4.50. The van der Waals surface area contributed by atoms with Crippen LogP contribution in [0.15, 0.2) is 6.20 Å². The van der Waals surface area contributed by atoms with Gasteiger partial charge >= 0.3 is 0 Å². The molecule has 1 saturated heterocycles. The minimum absolute atomic E-state index is 0.0703. The minimum Gasteiger partial charge on any atom is -0.493 e. The molecule has 0 aromatic carbocycles. The maximum atomic E-state index is 6.29. The lowest BCUT2D eigenvalue weighted by Gasteiger charge is -2.21. The van der Waals surface area contributed by atoms with Gasteiger partial charge < -0.3 is 15.2 Å². The number of nitrogens with two attached hydrogens (primary N) is 1. The van der Waals surface area contributed by atoms with E-state index in [0.717, 1.165) is 30.8 Å². The molecule has 96 valence electrons. The number of rotatable bonds is 4. The first kappa shape index (κ1) is 12.4. The standard InChI is InChI=1S/C12H21N3O2/c1-4-15-12(10(16-3)7-14-15)11(13)9-6-5-8(2)17-9/h7-9,11H,4-6,13H2,1-3H3. The fraction of sp³-hybridized carbons (Fsp3) is 0.750. The van der Waals surface area contributed by atoms with Crippen LogP contribution in [0.1, 0.15) is 38.4 Å². The highest BCUT2D eigenvalue weighted by molar-refractivity contribution is 5.29. The first-order valence-corrected chi connectivity index (χ1v) is 6.18. The number of methoxy groups -OCH3 is 1. The monoisotopic (exact) mass is 239 g/mol. The van der Waals surface area contributed by atoms with Gasteiger partial charge in [0.15, 0.2) is 5.75 Å². The summed E-state index contributed by atoms with van der Waals surface area (Å²) in [6.07, 6.45) is 4.16. The first-order chi connectivity index (χ1) is 8.17. The molecule has 0 saturated carbocycles. The Morgan fingerprint density at radius 3 is 2.94 bits per heavy atom. The van der Waals surface area contributed by atoms with Gasteiger partial charge in [-0.2, -0.15) is 5.10 Å². The molecule has 1 aromatic heterocycles. The summed E-state index contributed by atoms with van der Waals surface area (Å²) in [7, 11) is 1.64. The van der Waals surface area contributed by atoms with Crippen LogP contribution in [0.5, 0.6) is 5.75 Å². The van der Waals surface area contributed by atoms with E-state index in [1.54, 1.807) is 13.3 Å². The fourth-order valence-corrected chi connectivity index (χ4v) is 2.40. The molecule has 3 atom stereocenters. The molecular formula is C12H21N3O2. The van der Waals surface area contributed by atoms with Crippen molar-refractivity contribution >= 4 is 0 Å². The molecule has 1 aliphatic rings. The van der Waals surface area contributed by atoms with Crippen LogP contribution in [-0.2, 0) is 11.3 Å². The van der Waals surface area contributed by atoms with Gasteiger partial charge in [0.05, 0.1) is 37.3 Å². The van der Waals surface area contributed by atoms with Crippen molar-refractivity contribution in [1.29, 1.82) is 0 Å². The summed E-state index contributed by atoms with van der Waals surface area (Å²) in [6, 6.07) is -0.169. The molecule has 5 nitrogen and oxygen atoms in total. The minimum atomic E-state index is -0.169. The number of aromatic nitrogens is 2. The Labute approximate surface area is 102 Å². The van der Waals surface area contributed by atoms with Crippen molar-refractivity contribution in [3.63, 3.8) is 0 Å². The molecule has 1 fully saturated rings. The molecular weight excluding hydrogens is 218 g/mol. The van der Waals surface area contributed by atoms with E-state index in [1.807, 2.05) is 11.6 Å². The second-order valence-corrected chi connectivity index (χ2v) is 4.50. The van der Waals surface area contributed by atoms with Gasteiger partial charge in [0, 0.05) is 6.54 Å². The lowest BCUT2D eigenvalue weighted by Crippen LogP contribution is -2.29. The molecule has 0 spiro atoms. The van der Waals surface area contributed by atoms with Gasteiger partial charge in [-0.05, 0) is 26.7 Å². The quantitative estimate of drug-likeness (QED) is 0.864. The normalized spacial score (nSPS) is 26.1. The topological polar surface area (TPSA) is 62.3 Å². The van der Waals surface area contributed by atoms with Crippen LogP contribution in [0.25, 0.3) is 0 Å². The molecule has 1 aliphatic heterocycles. The zero-order valence-electron chi connectivity index (χ0n) is 10.7. The third-order valence-electron chi connectivity index (χ3n) is 3.35. The maximum absolute atomic E-state index is 6.29. The highest BCUT2D eigenvalue weighted by atomic mass is 16.5. The van der Waals surface area contributed by atoms with Crippen molar-refractivity contribution < 1.29 is 9.47 Å². The van der Waals surface area contributed by atoms with E-state index < -0.39 is 0 Å². The third-order valence-corrected chi connectivity index (χ3v) is 3.35. The van der Waals surface area contributed by atoms with Crippen LogP contribution in [0, 0.1) is 0 Å². The summed E-state index contributed by atoms with van der Waals surface area (Å²) in [5.74, 6) is 0.752. The number of nitrogens with zero attached hydrogens (tertiary/aromatic N) is 2. The van der Waals surface area contributed by atoms with E-state index >= 15 is 0 Å². The highest BCUT2D eigenvalue weighted by Gasteiger charge is 2.32. The van der Waals surface area contributed by atoms with Crippen molar-refractivity contribution in [3.8, 4) is 5.75 Å². The van der Waals surface area contributed by atoms with Crippen molar-refractivity contribution in [3.05, 3.63) is 11.9 Å². The van der Waals surface area contributed by atoms with Crippen LogP contribution in [-0.4, -0.2) is 29.1 Å². The van der Waals surface area contributed by atoms with Crippen molar-refractivity contribution in [1.82, 2.24) is 9.78 Å². The molecule has 2 rings (SSSR count). The molecule has 0 radical (unpaired) electrons. The molecule has 2 heterocycles. The molecule has 1 aromatic rings. The summed E-state index contributed by atoms with van der Waals surface area (Å²) >= 11 is 0. The van der Waals surface area contributed by atoms with Gasteiger partial charge in [0.25, 0.3) is 0 Å². The first-order valence-electron chi connectivity index (χ1n) is 6.18. The molecule has 3 unspecified atom stereocenters. The number of hydrogen-bond acceptors (Lipinski definition) is 4. The predicted octanol–water partition coefficient (Wildman–Crippen LogP) is 1.48. The average Bonchev–Trinajstić information content (AvgIpc) is 2.93. The molecule has 0 aliphatic carbocycles. The Balaban J connectivity index is 2.22. The number of ether oxygens (including phenoxy) is 2. The lowest BCUT2D eigenvalue weighted by molar-refractivity contribution is 0.0379. The fourth-order valence-electron chi connectivity index (χ4n) is 2.40. The predicted molar refractivity (Wildman–Crippen MR) is 65.0 cm³/mol. The summed E-state index contributed by atoms with van der Waals surface area (Å²) in [5.41, 5.74) is 7.23. The maximum Gasteiger partial charge on any atom is 0.161 e. The van der Waals surface area contributed by atoms with E-state index in [-0.39, 0.29) is 12.1 Å². The van der Waals surface area contributed by atoms with Crippen LogP contribution >= 0.6 is 0 Å². The van der Waals surface area contributed by atoms with Gasteiger partial charge in [-0.3, -0.25) is 4.68 Å². The molecule has 17 heavy (non-hydrogen) atoms. The summed E-state index contributed by atoms with van der Waals surface area (Å²) < 4.78 is 13.0. The third kappa shape index (κ3) is 2.30. The van der Waals surface area contributed by atoms with E-state index in [2.05, 4.69) is 12.0 Å². The van der Waals surface area contributed by atoms with Crippen LogP contribution in [0.2, 0.25) is 0 Å². The summed E-state index contributed by atoms with van der Waals surface area (Å²) in [6.45, 7) is 4.91. The van der Waals surface area contributed by atoms with Crippen molar-refractivity contribution in [2.75, 3.05) is 7.11 Å². The Morgan fingerprint density at radius 1 is 1.65 bits per heavy atom. The van der Waals surface area contributed by atoms with Gasteiger partial charge in [0.2, 0.25) is 0 Å². The SMILES string of the molecule is CCn1ncc(OC)c1C(N)C1CCC(C)O1. The molecule has 2 N–H and O–H groups in total. The van der Waals surface area contributed by atoms with Gasteiger partial charge in [-0.1, -0.05) is 0 Å². The highest BCUT2D eigenvalue weighted by Crippen LogP contribution is 2.32. The zero-order valence-corrected chi connectivity index (χ0v) is 10.7. The molecule has 0 amide bonds. The van der Waals surface area contributed by atoms with E-state index in [4.69, 9.17) is 15.2 Å². The zero-order chi connectivity index (χ0) is 12.4. The second kappa shape index (κ2) is 5.06. The van der Waals surface area contributed by atoms with E-state index in [0.29, 0.717) is 6.10 Å². The number of hydrogen-bond donors (Lipinski definition) is 1. The van der Waals surface area contributed by atoms with Crippen LogP contribution < -0.4 is 10.5 Å². The smallest absolute Gasteiger partial charge is 0.161 e. The van der Waals surface area contributed by atoms with Crippen LogP contribution in [0.4, 0.5) is 0 Å². The summed E-state index contributed by atoms with van der Waals surface area (Å²) in [4.78, 5) is 0. The summed E-state index contributed by atoms with van der Waals surface area (Å²) in [5, 5.41) is 4.27. The molecule has 5 heteroatoms. The van der Waals surface area contributed by atoms with Gasteiger partial charge in [-0.15, -0.1) is 0 Å². The lowest BCUT2D eigenvalue weighted by atomic mass is 10.0. The van der Waals surface area contributed by atoms with Crippen molar-refractivity contribution in [2.24, 2.45) is 5.73 Å². The van der Waals surface area contributed by atoms with Crippen molar-refractivity contribution in [2.45, 2.75) is 51.5 Å². The van der Waals surface area contributed by atoms with E-state index in [1.165, 1.54) is 0 Å². The number of aryl methyl sites for hydroxylation is 1. The van der Waals surface area contributed by atoms with E-state index in [9.17, 15) is 0 Å². The van der Waals surface area contributed by atoms with Crippen LogP contribution in [0.3, 0.4) is 0 Å². The largest absolute Gasteiger partial charge is 0.493 e. The van der Waals surface area contributed by atoms with Gasteiger partial charge in [0.1, 0.15) is 0 Å². The Bertz CT molecular complexity index is 356. The van der Waals surface area contributed by atoms with Gasteiger partial charge in [-0.25, -0.2) is 0 Å². The Kier molecular flexibility index (Phi) is 3.69. The Morgan fingerprint density at radius 2 is 2.41 bits per heavy atom. The Hall–Kier alpha value is -1.07.